The third-order valence-electron chi connectivity index (χ3n) is 3.91. The summed E-state index contributed by atoms with van der Waals surface area (Å²) in [4.78, 5) is 11.2. The maximum absolute atomic E-state index is 11.2. The number of carboxylic acid groups (broad SMARTS) is 1. The average Bonchev–Trinajstić information content (AvgIpc) is 2.76. The second kappa shape index (κ2) is 5.55. The molecule has 0 radical (unpaired) electrons. The van der Waals surface area contributed by atoms with Crippen molar-refractivity contribution < 1.29 is 19.4 Å². The lowest BCUT2D eigenvalue weighted by Gasteiger charge is -2.37. The summed E-state index contributed by atoms with van der Waals surface area (Å²) in [5.41, 5.74) is 0. The Morgan fingerprint density at radius 1 is 1.28 bits per heavy atom. The highest BCUT2D eigenvalue weighted by molar-refractivity contribution is 5.73. The third-order valence-corrected chi connectivity index (χ3v) is 3.91. The van der Waals surface area contributed by atoms with Crippen LogP contribution in [0.25, 0.3) is 0 Å². The van der Waals surface area contributed by atoms with Crippen LogP contribution in [0.5, 0.6) is 0 Å². The minimum Gasteiger partial charge on any atom is -0.480 e. The van der Waals surface area contributed by atoms with Crippen molar-refractivity contribution in [3.8, 4) is 0 Å². The summed E-state index contributed by atoms with van der Waals surface area (Å²) in [5.74, 6) is -1.04. The Morgan fingerprint density at radius 2 is 1.83 bits per heavy atom. The zero-order valence-electron chi connectivity index (χ0n) is 11.1. The smallest absolute Gasteiger partial charge is 0.320 e. The lowest BCUT2D eigenvalue weighted by Crippen LogP contribution is -2.50. The van der Waals surface area contributed by atoms with Crippen LogP contribution in [0.2, 0.25) is 0 Å². The van der Waals surface area contributed by atoms with E-state index < -0.39 is 12.0 Å². The van der Waals surface area contributed by atoms with Crippen molar-refractivity contribution in [1.82, 2.24) is 5.32 Å². The summed E-state index contributed by atoms with van der Waals surface area (Å²) in [6.07, 6.45) is 3.54. The van der Waals surface area contributed by atoms with Crippen LogP contribution in [0.1, 0.15) is 39.5 Å². The van der Waals surface area contributed by atoms with E-state index in [-0.39, 0.29) is 17.7 Å². The number of hydrogen-bond acceptors (Lipinski definition) is 4. The number of rotatable bonds is 4. The van der Waals surface area contributed by atoms with E-state index in [1.54, 1.807) is 0 Å². The molecule has 2 rings (SSSR count). The first-order valence-electron chi connectivity index (χ1n) is 6.79. The van der Waals surface area contributed by atoms with Crippen LogP contribution < -0.4 is 5.32 Å². The van der Waals surface area contributed by atoms with Crippen LogP contribution in [-0.2, 0) is 14.3 Å². The maximum Gasteiger partial charge on any atom is 0.320 e. The van der Waals surface area contributed by atoms with Crippen LogP contribution in [0.15, 0.2) is 0 Å². The van der Waals surface area contributed by atoms with E-state index in [0.717, 1.165) is 25.7 Å². The molecular formula is C13H23NO4. The molecule has 1 unspecified atom stereocenters. The van der Waals surface area contributed by atoms with Crippen LogP contribution in [0.3, 0.4) is 0 Å². The highest BCUT2D eigenvalue weighted by Crippen LogP contribution is 2.35. The number of carboxylic acids is 1. The van der Waals surface area contributed by atoms with Gasteiger partial charge in [-0.25, -0.2) is 0 Å². The first kappa shape index (κ1) is 13.8. The molecule has 1 spiro atoms. The molecule has 104 valence electrons. The topological polar surface area (TPSA) is 67.8 Å². The van der Waals surface area contributed by atoms with E-state index in [1.165, 1.54) is 0 Å². The molecule has 0 amide bonds. The molecule has 1 aliphatic heterocycles. The normalized spacial score (nSPS) is 25.7. The van der Waals surface area contributed by atoms with E-state index in [2.05, 4.69) is 5.32 Å². The summed E-state index contributed by atoms with van der Waals surface area (Å²) >= 11 is 0. The van der Waals surface area contributed by atoms with Crippen molar-refractivity contribution >= 4 is 5.97 Å². The summed E-state index contributed by atoms with van der Waals surface area (Å²) in [6.45, 7) is 5.22. The number of ether oxygens (including phenoxy) is 2. The minimum atomic E-state index is -0.765. The fraction of sp³-hybridized carbons (Fsp3) is 0.923. The average molecular weight is 257 g/mol. The highest BCUT2D eigenvalue weighted by Gasteiger charge is 2.41. The number of carbonyl (C=O) groups is 1. The standard InChI is InChI=1S/C13H23NO4/c1-9(2)11(12(15)16)14-10-3-5-13(6-4-10)17-7-8-18-13/h9-11,14H,3-8H2,1-2H3,(H,15,16). The first-order valence-corrected chi connectivity index (χ1v) is 6.79. The van der Waals surface area contributed by atoms with Gasteiger partial charge in [-0.1, -0.05) is 13.8 Å². The van der Waals surface area contributed by atoms with Gasteiger partial charge in [-0.15, -0.1) is 0 Å². The van der Waals surface area contributed by atoms with Gasteiger partial charge in [0, 0.05) is 18.9 Å². The molecule has 5 nitrogen and oxygen atoms in total. The van der Waals surface area contributed by atoms with Crippen molar-refractivity contribution in [2.75, 3.05) is 13.2 Å². The van der Waals surface area contributed by atoms with Gasteiger partial charge in [0.1, 0.15) is 6.04 Å². The van der Waals surface area contributed by atoms with Gasteiger partial charge in [-0.2, -0.15) is 0 Å². The van der Waals surface area contributed by atoms with Gasteiger partial charge in [0.15, 0.2) is 5.79 Å². The van der Waals surface area contributed by atoms with Crippen molar-refractivity contribution in [2.24, 2.45) is 5.92 Å². The Morgan fingerprint density at radius 3 is 2.28 bits per heavy atom. The second-order valence-corrected chi connectivity index (χ2v) is 5.61. The third kappa shape index (κ3) is 3.02. The lowest BCUT2D eigenvalue weighted by molar-refractivity contribution is -0.180. The fourth-order valence-electron chi connectivity index (χ4n) is 2.81. The first-order chi connectivity index (χ1) is 8.52. The van der Waals surface area contributed by atoms with E-state index in [1.807, 2.05) is 13.8 Å². The van der Waals surface area contributed by atoms with Gasteiger partial charge in [0.2, 0.25) is 0 Å². The van der Waals surface area contributed by atoms with Crippen LogP contribution in [-0.4, -0.2) is 42.2 Å². The number of hydrogen-bond donors (Lipinski definition) is 2. The molecule has 2 fully saturated rings. The van der Waals surface area contributed by atoms with Gasteiger partial charge in [-0.05, 0) is 18.8 Å². The monoisotopic (exact) mass is 257 g/mol. The van der Waals surface area contributed by atoms with Gasteiger partial charge in [0.25, 0.3) is 0 Å². The highest BCUT2D eigenvalue weighted by atomic mass is 16.7. The predicted octanol–water partition coefficient (Wildman–Crippen LogP) is 1.37. The van der Waals surface area contributed by atoms with Crippen molar-refractivity contribution in [1.29, 1.82) is 0 Å². The lowest BCUT2D eigenvalue weighted by atomic mass is 9.89. The number of aliphatic carboxylic acids is 1. The molecular weight excluding hydrogens is 234 g/mol. The van der Waals surface area contributed by atoms with Gasteiger partial charge < -0.3 is 19.9 Å². The molecule has 18 heavy (non-hydrogen) atoms. The summed E-state index contributed by atoms with van der Waals surface area (Å²) in [6, 6.07) is -0.207. The molecule has 5 heteroatoms. The SMILES string of the molecule is CC(C)C(NC1CCC2(CC1)OCCO2)C(=O)O. The van der Waals surface area contributed by atoms with E-state index in [0.29, 0.717) is 13.2 Å². The zero-order chi connectivity index (χ0) is 13.2. The van der Waals surface area contributed by atoms with E-state index in [9.17, 15) is 4.79 Å². The Bertz CT molecular complexity index is 289. The van der Waals surface area contributed by atoms with E-state index in [4.69, 9.17) is 14.6 Å². The Balaban J connectivity index is 1.84. The fourth-order valence-corrected chi connectivity index (χ4v) is 2.81. The van der Waals surface area contributed by atoms with Gasteiger partial charge >= 0.3 is 5.97 Å². The van der Waals surface area contributed by atoms with Gasteiger partial charge in [0.05, 0.1) is 13.2 Å². The van der Waals surface area contributed by atoms with Crippen LogP contribution in [0, 0.1) is 5.92 Å². The second-order valence-electron chi connectivity index (χ2n) is 5.61. The zero-order valence-corrected chi connectivity index (χ0v) is 11.1. The predicted molar refractivity (Wildman–Crippen MR) is 66.3 cm³/mol. The molecule has 0 aromatic carbocycles. The molecule has 2 aliphatic rings. The van der Waals surface area contributed by atoms with Crippen LogP contribution in [0.4, 0.5) is 0 Å². The van der Waals surface area contributed by atoms with Crippen molar-refractivity contribution in [3.63, 3.8) is 0 Å². The molecule has 1 atom stereocenters. The summed E-state index contributed by atoms with van der Waals surface area (Å²) in [5, 5.41) is 12.4. The van der Waals surface area contributed by atoms with Gasteiger partial charge in [-0.3, -0.25) is 4.79 Å². The molecule has 0 bridgehead atoms. The summed E-state index contributed by atoms with van der Waals surface area (Å²) in [7, 11) is 0. The Labute approximate surface area is 108 Å². The molecule has 0 aromatic heterocycles. The Hall–Kier alpha value is -0.650. The number of nitrogens with one attached hydrogen (secondary N) is 1. The maximum atomic E-state index is 11.2. The molecule has 1 saturated heterocycles. The molecule has 1 saturated carbocycles. The van der Waals surface area contributed by atoms with E-state index >= 15 is 0 Å². The molecule has 1 aliphatic carbocycles. The summed E-state index contributed by atoms with van der Waals surface area (Å²) < 4.78 is 11.3. The molecule has 0 aromatic rings. The molecule has 1 heterocycles. The Kier molecular flexibility index (Phi) is 4.25. The minimum absolute atomic E-state index is 0.0948. The van der Waals surface area contributed by atoms with Crippen molar-refractivity contribution in [3.05, 3.63) is 0 Å². The molecule has 2 N–H and O–H groups in total. The van der Waals surface area contributed by atoms with Crippen molar-refractivity contribution in [2.45, 2.75) is 57.4 Å². The van der Waals surface area contributed by atoms with Crippen LogP contribution >= 0.6 is 0 Å². The quantitative estimate of drug-likeness (QED) is 0.796. The largest absolute Gasteiger partial charge is 0.480 e.